The molecule has 0 aliphatic heterocycles. The Bertz CT molecular complexity index is 400. The molecule has 5 heteroatoms. The van der Waals surface area contributed by atoms with Gasteiger partial charge < -0.3 is 0 Å². The lowest BCUT2D eigenvalue weighted by Crippen LogP contribution is -2.36. The summed E-state index contributed by atoms with van der Waals surface area (Å²) in [5, 5.41) is 0. The number of benzene rings is 1. The first kappa shape index (κ1) is 9.74. The third-order valence-corrected chi connectivity index (χ3v) is 3.24. The monoisotopic (exact) mass is 208 g/mol. The highest BCUT2D eigenvalue weighted by molar-refractivity contribution is 8.14. The molecule has 1 aromatic carbocycles. The van der Waals surface area contributed by atoms with Gasteiger partial charge in [0.25, 0.3) is 0 Å². The van der Waals surface area contributed by atoms with Crippen LogP contribution in [-0.4, -0.2) is 21.0 Å². The number of hydrogen-bond acceptors (Lipinski definition) is 2. The third-order valence-electron chi connectivity index (χ3n) is 2.00. The van der Waals surface area contributed by atoms with Crippen molar-refractivity contribution in [2.75, 3.05) is 0 Å². The molecule has 0 unspecified atom stereocenters. The summed E-state index contributed by atoms with van der Waals surface area (Å²) in [5.41, 5.74) is 0.709. The van der Waals surface area contributed by atoms with E-state index in [2.05, 4.69) is 4.72 Å². The van der Waals surface area contributed by atoms with Crippen LogP contribution in [0.2, 0.25) is 0 Å². The molecule has 14 heavy (non-hydrogen) atoms. The number of rotatable bonds is 4. The van der Waals surface area contributed by atoms with Crippen LogP contribution in [0.4, 0.5) is 0 Å². The van der Waals surface area contributed by atoms with Crippen molar-refractivity contribution in [1.29, 1.82) is 0 Å². The lowest BCUT2D eigenvalue weighted by atomic mass is 9.95. The first-order valence-corrected chi connectivity index (χ1v) is 6.12. The summed E-state index contributed by atoms with van der Waals surface area (Å²) in [6, 6.07) is 9.20. The minimum absolute atomic E-state index is 0.167. The van der Waals surface area contributed by atoms with E-state index in [1.165, 1.54) is 6.56 Å². The van der Waals surface area contributed by atoms with Gasteiger partial charge in [-0.3, -0.25) is 0 Å². The van der Waals surface area contributed by atoms with Crippen molar-refractivity contribution < 1.29 is 8.42 Å². The van der Waals surface area contributed by atoms with Crippen molar-refractivity contribution in [3.63, 3.8) is 0 Å². The zero-order valence-corrected chi connectivity index (χ0v) is 8.50. The lowest BCUT2D eigenvalue weighted by Gasteiger charge is -2.03. The molecule has 1 fully saturated rings. The number of hydrogen-bond donors (Lipinski definition) is 1. The molecule has 1 N–H and O–H groups in total. The van der Waals surface area contributed by atoms with Crippen LogP contribution in [0.5, 0.6) is 0 Å². The van der Waals surface area contributed by atoms with Crippen molar-refractivity contribution in [2.45, 2.75) is 18.9 Å². The average molecular weight is 208 g/mol. The summed E-state index contributed by atoms with van der Waals surface area (Å²) in [6.45, 7) is 1.27. The Morgan fingerprint density at radius 2 is 1.86 bits per heavy atom. The average Bonchev–Trinajstić information content (AvgIpc) is 2.88. The maximum atomic E-state index is 11.5. The second kappa shape index (κ2) is 3.75. The van der Waals surface area contributed by atoms with Crippen molar-refractivity contribution in [3.8, 4) is 0 Å². The minimum Gasteiger partial charge on any atom is -0.226 e. The molecule has 0 saturated heterocycles. The minimum atomic E-state index is -3.25. The normalized spacial score (nSPS) is 16.6. The van der Waals surface area contributed by atoms with Crippen molar-refractivity contribution in [3.05, 3.63) is 30.3 Å². The summed E-state index contributed by atoms with van der Waals surface area (Å²) in [4.78, 5) is 0. The molecule has 0 atom stereocenters. The van der Waals surface area contributed by atoms with Crippen LogP contribution in [0.15, 0.2) is 30.3 Å². The number of nitrogens with one attached hydrogen (secondary N) is 1. The molecule has 1 aromatic rings. The summed E-state index contributed by atoms with van der Waals surface area (Å²) in [6.07, 6.45) is 1.92. The molecule has 1 radical (unpaired) electrons. The smallest absolute Gasteiger partial charge is 0.226 e. The van der Waals surface area contributed by atoms with Gasteiger partial charge in [0.2, 0.25) is 0 Å². The zero-order valence-electron chi connectivity index (χ0n) is 7.68. The van der Waals surface area contributed by atoms with Gasteiger partial charge in [-0.15, -0.1) is 0 Å². The predicted octanol–water partition coefficient (Wildman–Crippen LogP) is 0.0129. The van der Waals surface area contributed by atoms with Crippen molar-refractivity contribution >= 4 is 21.9 Å². The summed E-state index contributed by atoms with van der Waals surface area (Å²) in [7, 11) is -3.25. The quantitative estimate of drug-likeness (QED) is 0.708. The fourth-order valence-corrected chi connectivity index (χ4v) is 2.46. The van der Waals surface area contributed by atoms with Crippen LogP contribution in [0.3, 0.4) is 0 Å². The SMILES string of the molecule is O=S(=O)([B]c1ccccc1)NC1CC1. The van der Waals surface area contributed by atoms with E-state index in [0.717, 1.165) is 12.8 Å². The van der Waals surface area contributed by atoms with E-state index in [1.54, 1.807) is 12.1 Å². The van der Waals surface area contributed by atoms with Gasteiger partial charge in [-0.25, -0.2) is 13.1 Å². The molecular weight excluding hydrogens is 197 g/mol. The van der Waals surface area contributed by atoms with E-state index in [9.17, 15) is 8.42 Å². The van der Waals surface area contributed by atoms with Crippen molar-refractivity contribution in [2.24, 2.45) is 0 Å². The second-order valence-electron chi connectivity index (χ2n) is 3.47. The molecule has 73 valence electrons. The first-order valence-electron chi connectivity index (χ1n) is 4.58. The Balaban J connectivity index is 2.02. The Hall–Kier alpha value is -0.805. The van der Waals surface area contributed by atoms with Gasteiger partial charge in [-0.05, 0) is 12.8 Å². The van der Waals surface area contributed by atoms with Gasteiger partial charge in [0, 0.05) is 6.04 Å². The van der Waals surface area contributed by atoms with Gasteiger partial charge in [-0.1, -0.05) is 35.8 Å². The van der Waals surface area contributed by atoms with E-state index in [-0.39, 0.29) is 6.04 Å². The molecule has 0 heterocycles. The topological polar surface area (TPSA) is 46.2 Å². The summed E-state index contributed by atoms with van der Waals surface area (Å²) >= 11 is 0. The van der Waals surface area contributed by atoms with E-state index in [0.29, 0.717) is 5.46 Å². The molecular formula is C9H11BNO2S. The molecule has 1 saturated carbocycles. The third kappa shape index (κ3) is 2.85. The highest BCUT2D eigenvalue weighted by Gasteiger charge is 2.27. The zero-order chi connectivity index (χ0) is 10.0. The van der Waals surface area contributed by atoms with Gasteiger partial charge in [0.15, 0.2) is 9.87 Å². The van der Waals surface area contributed by atoms with Gasteiger partial charge in [-0.2, -0.15) is 0 Å². The lowest BCUT2D eigenvalue weighted by molar-refractivity contribution is 0.595. The van der Waals surface area contributed by atoms with Crippen LogP contribution >= 0.6 is 0 Å². The Labute approximate surface area is 84.7 Å². The van der Waals surface area contributed by atoms with E-state index in [1.807, 2.05) is 18.2 Å². The molecule has 3 nitrogen and oxygen atoms in total. The molecule has 0 aromatic heterocycles. The fourth-order valence-electron chi connectivity index (χ4n) is 1.18. The first-order chi connectivity index (χ1) is 6.66. The maximum Gasteiger partial charge on any atom is 0.338 e. The Kier molecular flexibility index (Phi) is 2.61. The molecule has 1 aliphatic rings. The van der Waals surface area contributed by atoms with Crippen LogP contribution in [0.1, 0.15) is 12.8 Å². The predicted molar refractivity (Wildman–Crippen MR) is 56.9 cm³/mol. The largest absolute Gasteiger partial charge is 0.338 e. The fraction of sp³-hybridized carbons (Fsp3) is 0.333. The van der Waals surface area contributed by atoms with Crippen molar-refractivity contribution in [1.82, 2.24) is 4.72 Å². The van der Waals surface area contributed by atoms with Crippen LogP contribution in [0, 0.1) is 0 Å². The van der Waals surface area contributed by atoms with E-state index < -0.39 is 9.87 Å². The summed E-state index contributed by atoms with van der Waals surface area (Å²) < 4.78 is 25.6. The van der Waals surface area contributed by atoms with Gasteiger partial charge >= 0.3 is 6.56 Å². The van der Waals surface area contributed by atoms with Gasteiger partial charge in [0.05, 0.1) is 0 Å². The standard InChI is InChI=1S/C9H11BNO2S/c12-14(13,11-9-6-7-9)10-8-4-2-1-3-5-8/h1-5,9,11H,6-7H2. The van der Waals surface area contributed by atoms with Crippen LogP contribution in [0.25, 0.3) is 0 Å². The van der Waals surface area contributed by atoms with E-state index >= 15 is 0 Å². The Morgan fingerprint density at radius 1 is 1.21 bits per heavy atom. The maximum absolute atomic E-state index is 11.5. The molecule has 0 spiro atoms. The van der Waals surface area contributed by atoms with E-state index in [4.69, 9.17) is 0 Å². The van der Waals surface area contributed by atoms with Crippen LogP contribution < -0.4 is 10.2 Å². The molecule has 1 aliphatic carbocycles. The Morgan fingerprint density at radius 3 is 2.43 bits per heavy atom. The highest BCUT2D eigenvalue weighted by Crippen LogP contribution is 2.19. The highest BCUT2D eigenvalue weighted by atomic mass is 32.2. The summed E-state index contributed by atoms with van der Waals surface area (Å²) in [5.74, 6) is 0. The second-order valence-corrected chi connectivity index (χ2v) is 5.03. The van der Waals surface area contributed by atoms with Gasteiger partial charge in [0.1, 0.15) is 0 Å². The molecule has 2 rings (SSSR count). The molecule has 0 bridgehead atoms. The van der Waals surface area contributed by atoms with Crippen LogP contribution in [-0.2, 0) is 9.87 Å². The molecule has 0 amide bonds.